The highest BCUT2D eigenvalue weighted by Gasteiger charge is 2.21. The third-order valence-electron chi connectivity index (χ3n) is 4.56. The highest BCUT2D eigenvalue weighted by Crippen LogP contribution is 2.17. The first-order chi connectivity index (χ1) is 14.7. The molecule has 2 aromatic rings. The quantitative estimate of drug-likeness (QED) is 0.550. The van der Waals surface area contributed by atoms with Gasteiger partial charge in [-0.05, 0) is 43.7 Å². The number of hydrogen-bond acceptors (Lipinski definition) is 4. The summed E-state index contributed by atoms with van der Waals surface area (Å²) in [5.41, 5.74) is 1.50. The lowest BCUT2D eigenvalue weighted by Gasteiger charge is -2.18. The summed E-state index contributed by atoms with van der Waals surface area (Å²) in [5.74, 6) is -0.347. The van der Waals surface area contributed by atoms with Crippen molar-refractivity contribution in [2.75, 3.05) is 18.4 Å². The van der Waals surface area contributed by atoms with E-state index >= 15 is 0 Å². The molecule has 31 heavy (non-hydrogen) atoms. The molecule has 3 N–H and O–H groups in total. The maximum Gasteiger partial charge on any atom is 0.319 e. The molecule has 9 heteroatoms. The second-order valence-corrected chi connectivity index (χ2v) is 9.15. The van der Waals surface area contributed by atoms with Gasteiger partial charge in [-0.1, -0.05) is 38.1 Å². The molecule has 0 aliphatic carbocycles. The summed E-state index contributed by atoms with van der Waals surface area (Å²) in [6.45, 7) is 8.30. The van der Waals surface area contributed by atoms with E-state index in [1.807, 2.05) is 13.8 Å². The van der Waals surface area contributed by atoms with Crippen molar-refractivity contribution in [1.29, 1.82) is 0 Å². The molecule has 0 aliphatic heterocycles. The predicted octanol–water partition coefficient (Wildman–Crippen LogP) is 3.18. The number of carbonyl (C=O) groups excluding carboxylic acids is 2. The van der Waals surface area contributed by atoms with Gasteiger partial charge in [0.1, 0.15) is 0 Å². The fourth-order valence-corrected chi connectivity index (χ4v) is 4.44. The molecule has 0 fully saturated rings. The van der Waals surface area contributed by atoms with Crippen molar-refractivity contribution in [3.8, 4) is 0 Å². The molecular formula is C22H30N4O4S. The first-order valence-corrected chi connectivity index (χ1v) is 11.7. The van der Waals surface area contributed by atoms with Crippen LogP contribution in [0.5, 0.6) is 0 Å². The standard InChI is InChI=1S/C22H30N4O4S/c1-5-26(6-2)31(29,30)18-13-11-17(12-14-18)15-23-21(27)19-9-7-8-10-20(19)25-22(28)24-16(3)4/h7-14,16H,5-6,15H2,1-4H3,(H,23,27)(H2,24,25,28). The number of urea groups is 1. The normalized spacial score (nSPS) is 11.4. The van der Waals surface area contributed by atoms with Crippen LogP contribution in [0, 0.1) is 0 Å². The van der Waals surface area contributed by atoms with E-state index in [1.165, 1.54) is 4.31 Å². The Labute approximate surface area is 184 Å². The molecule has 0 radical (unpaired) electrons. The molecule has 0 heterocycles. The Morgan fingerprint density at radius 2 is 1.58 bits per heavy atom. The highest BCUT2D eigenvalue weighted by molar-refractivity contribution is 7.89. The molecule has 0 aliphatic rings. The number of amides is 3. The SMILES string of the molecule is CCN(CC)S(=O)(=O)c1ccc(CNC(=O)c2ccccc2NC(=O)NC(C)C)cc1. The van der Waals surface area contributed by atoms with Crippen molar-refractivity contribution in [1.82, 2.24) is 14.9 Å². The number of anilines is 1. The number of benzene rings is 2. The van der Waals surface area contributed by atoms with Crippen LogP contribution in [-0.2, 0) is 16.6 Å². The monoisotopic (exact) mass is 446 g/mol. The third-order valence-corrected chi connectivity index (χ3v) is 6.62. The molecule has 0 saturated heterocycles. The van der Waals surface area contributed by atoms with E-state index in [0.29, 0.717) is 24.3 Å². The van der Waals surface area contributed by atoms with Gasteiger partial charge >= 0.3 is 6.03 Å². The van der Waals surface area contributed by atoms with Crippen LogP contribution in [0.15, 0.2) is 53.4 Å². The zero-order valence-electron chi connectivity index (χ0n) is 18.3. The molecule has 168 valence electrons. The van der Waals surface area contributed by atoms with E-state index in [9.17, 15) is 18.0 Å². The fourth-order valence-electron chi connectivity index (χ4n) is 2.98. The number of rotatable bonds is 9. The summed E-state index contributed by atoms with van der Waals surface area (Å²) in [5, 5.41) is 8.20. The van der Waals surface area contributed by atoms with Crippen LogP contribution in [0.25, 0.3) is 0 Å². The number of nitrogens with zero attached hydrogens (tertiary/aromatic N) is 1. The molecule has 3 amide bonds. The Bertz CT molecular complexity index is 1000. The molecule has 0 unspecified atom stereocenters. The molecule has 0 aromatic heterocycles. The molecular weight excluding hydrogens is 416 g/mol. The van der Waals surface area contributed by atoms with Gasteiger partial charge < -0.3 is 16.0 Å². The van der Waals surface area contributed by atoms with Gasteiger partial charge in [-0.3, -0.25) is 4.79 Å². The minimum atomic E-state index is -3.52. The fraction of sp³-hybridized carbons (Fsp3) is 0.364. The van der Waals surface area contributed by atoms with Gasteiger partial charge in [0.2, 0.25) is 10.0 Å². The lowest BCUT2D eigenvalue weighted by atomic mass is 10.1. The van der Waals surface area contributed by atoms with E-state index in [2.05, 4.69) is 16.0 Å². The van der Waals surface area contributed by atoms with Crippen LogP contribution in [0.2, 0.25) is 0 Å². The Morgan fingerprint density at radius 1 is 0.968 bits per heavy atom. The summed E-state index contributed by atoms with van der Waals surface area (Å²) in [4.78, 5) is 24.8. The van der Waals surface area contributed by atoms with Gasteiger partial charge in [0.05, 0.1) is 16.1 Å². The Kier molecular flexibility index (Phi) is 8.58. The number of para-hydroxylation sites is 1. The van der Waals surface area contributed by atoms with Gasteiger partial charge in [-0.2, -0.15) is 4.31 Å². The second-order valence-electron chi connectivity index (χ2n) is 7.21. The lowest BCUT2D eigenvalue weighted by Crippen LogP contribution is -2.35. The maximum absolute atomic E-state index is 12.7. The molecule has 2 rings (SSSR count). The van der Waals surface area contributed by atoms with Gasteiger partial charge in [0, 0.05) is 25.7 Å². The van der Waals surface area contributed by atoms with Crippen molar-refractivity contribution in [3.05, 3.63) is 59.7 Å². The van der Waals surface area contributed by atoms with Crippen molar-refractivity contribution in [3.63, 3.8) is 0 Å². The third kappa shape index (κ3) is 6.53. The molecule has 2 aromatic carbocycles. The number of hydrogen-bond donors (Lipinski definition) is 3. The summed E-state index contributed by atoms with van der Waals surface area (Å²) in [6.07, 6.45) is 0. The van der Waals surface area contributed by atoms with Gasteiger partial charge in [-0.25, -0.2) is 13.2 Å². The zero-order valence-corrected chi connectivity index (χ0v) is 19.1. The van der Waals surface area contributed by atoms with Crippen LogP contribution in [0.1, 0.15) is 43.6 Å². The van der Waals surface area contributed by atoms with E-state index in [-0.39, 0.29) is 29.4 Å². The molecule has 0 spiro atoms. The largest absolute Gasteiger partial charge is 0.348 e. The van der Waals surface area contributed by atoms with Crippen molar-refractivity contribution in [2.45, 2.75) is 45.2 Å². The van der Waals surface area contributed by atoms with Gasteiger partial charge in [0.25, 0.3) is 5.91 Å². The first-order valence-electron chi connectivity index (χ1n) is 10.2. The summed E-state index contributed by atoms with van der Waals surface area (Å²) in [7, 11) is -3.52. The predicted molar refractivity (Wildman–Crippen MR) is 121 cm³/mol. The van der Waals surface area contributed by atoms with Crippen LogP contribution in [-0.4, -0.2) is 43.8 Å². The van der Waals surface area contributed by atoms with Crippen molar-refractivity contribution in [2.24, 2.45) is 0 Å². The zero-order chi connectivity index (χ0) is 23.0. The molecule has 0 atom stereocenters. The Balaban J connectivity index is 2.06. The molecule has 8 nitrogen and oxygen atoms in total. The maximum atomic E-state index is 12.7. The Morgan fingerprint density at radius 3 is 2.16 bits per heavy atom. The average molecular weight is 447 g/mol. The number of nitrogens with one attached hydrogen (secondary N) is 3. The number of sulfonamides is 1. The smallest absolute Gasteiger partial charge is 0.319 e. The van der Waals surface area contributed by atoms with Crippen LogP contribution < -0.4 is 16.0 Å². The number of carbonyl (C=O) groups is 2. The second kappa shape index (κ2) is 10.9. The van der Waals surface area contributed by atoms with Gasteiger partial charge in [-0.15, -0.1) is 0 Å². The minimum Gasteiger partial charge on any atom is -0.348 e. The van der Waals surface area contributed by atoms with Crippen molar-refractivity contribution < 1.29 is 18.0 Å². The summed E-state index contributed by atoms with van der Waals surface area (Å²) < 4.78 is 26.5. The summed E-state index contributed by atoms with van der Waals surface area (Å²) in [6, 6.07) is 12.7. The van der Waals surface area contributed by atoms with E-state index in [1.54, 1.807) is 62.4 Å². The average Bonchev–Trinajstić information content (AvgIpc) is 2.72. The van der Waals surface area contributed by atoms with E-state index in [0.717, 1.165) is 5.56 Å². The minimum absolute atomic E-state index is 0.0329. The first kappa shape index (κ1) is 24.4. The Hall–Kier alpha value is -2.91. The molecule has 0 bridgehead atoms. The van der Waals surface area contributed by atoms with Crippen molar-refractivity contribution >= 4 is 27.6 Å². The molecule has 0 saturated carbocycles. The van der Waals surface area contributed by atoms with E-state index in [4.69, 9.17) is 0 Å². The van der Waals surface area contributed by atoms with Crippen LogP contribution >= 0.6 is 0 Å². The lowest BCUT2D eigenvalue weighted by molar-refractivity contribution is 0.0951. The van der Waals surface area contributed by atoms with E-state index < -0.39 is 10.0 Å². The topological polar surface area (TPSA) is 108 Å². The van der Waals surface area contributed by atoms with Crippen LogP contribution in [0.3, 0.4) is 0 Å². The van der Waals surface area contributed by atoms with Gasteiger partial charge in [0.15, 0.2) is 0 Å². The summed E-state index contributed by atoms with van der Waals surface area (Å²) >= 11 is 0. The highest BCUT2D eigenvalue weighted by atomic mass is 32.2. The van der Waals surface area contributed by atoms with Crippen LogP contribution in [0.4, 0.5) is 10.5 Å².